The summed E-state index contributed by atoms with van der Waals surface area (Å²) < 4.78 is 0. The summed E-state index contributed by atoms with van der Waals surface area (Å²) in [6, 6.07) is 5.09. The number of likely N-dealkylation sites (tertiary alicyclic amines) is 1. The molecule has 2 fully saturated rings. The average Bonchev–Trinajstić information content (AvgIpc) is 3.21. The summed E-state index contributed by atoms with van der Waals surface area (Å²) in [4.78, 5) is 26.0. The van der Waals surface area contributed by atoms with Crippen LogP contribution in [0.3, 0.4) is 0 Å². The minimum absolute atomic E-state index is 0.251. The number of fused-ring (bicyclic) bond motifs is 1. The first-order valence-corrected chi connectivity index (χ1v) is 11.3. The monoisotopic (exact) mass is 405 g/mol. The third-order valence-corrected chi connectivity index (χ3v) is 7.08. The molecule has 2 unspecified atom stereocenters. The smallest absolute Gasteiger partial charge is 0.222 e. The number of rotatable bonds is 3. The molecule has 0 radical (unpaired) electrons. The maximum Gasteiger partial charge on any atom is 0.222 e. The molecule has 6 heteroatoms. The molecule has 1 aromatic heterocycles. The second-order valence-electron chi connectivity index (χ2n) is 9.09. The number of aromatic nitrogens is 1. The molecule has 2 saturated heterocycles. The van der Waals surface area contributed by atoms with Crippen molar-refractivity contribution in [1.29, 1.82) is 0 Å². The number of amidine groups is 1. The Labute approximate surface area is 178 Å². The van der Waals surface area contributed by atoms with Crippen LogP contribution < -0.4 is 5.32 Å². The highest BCUT2D eigenvalue weighted by atomic mass is 16.2. The minimum atomic E-state index is 0.251. The zero-order chi connectivity index (χ0) is 20.7. The number of nitrogens with one attached hydrogen (secondary N) is 1. The molecule has 4 aliphatic rings. The maximum absolute atomic E-state index is 11.9. The Bertz CT molecular complexity index is 920. The Balaban J connectivity index is 1.30. The van der Waals surface area contributed by atoms with Gasteiger partial charge in [0.25, 0.3) is 0 Å². The second-order valence-corrected chi connectivity index (χ2v) is 9.09. The molecule has 0 aliphatic carbocycles. The van der Waals surface area contributed by atoms with Gasteiger partial charge in [-0.3, -0.25) is 14.8 Å². The number of nitrogens with zero attached hydrogens (tertiary/aromatic N) is 4. The average molecular weight is 406 g/mol. The van der Waals surface area contributed by atoms with Crippen LogP contribution in [0.5, 0.6) is 0 Å². The number of hydrogen-bond acceptors (Lipinski definition) is 5. The van der Waals surface area contributed by atoms with E-state index in [0.29, 0.717) is 24.4 Å². The second kappa shape index (κ2) is 7.99. The fraction of sp³-hybridized carbons (Fsp3) is 0.542. The van der Waals surface area contributed by atoms with Gasteiger partial charge in [-0.05, 0) is 56.4 Å². The van der Waals surface area contributed by atoms with E-state index in [9.17, 15) is 4.79 Å². The molecular weight excluding hydrogens is 374 g/mol. The summed E-state index contributed by atoms with van der Waals surface area (Å²) in [5, 5.41) is 3.88. The van der Waals surface area contributed by atoms with E-state index in [2.05, 4.69) is 46.4 Å². The molecule has 0 bridgehead atoms. The lowest BCUT2D eigenvalue weighted by Crippen LogP contribution is -2.47. The van der Waals surface area contributed by atoms with Crippen LogP contribution in [0.15, 0.2) is 47.2 Å². The van der Waals surface area contributed by atoms with Gasteiger partial charge in [0.2, 0.25) is 5.91 Å². The number of amides is 1. The highest BCUT2D eigenvalue weighted by molar-refractivity contribution is 5.97. The highest BCUT2D eigenvalue weighted by Gasteiger charge is 2.38. The van der Waals surface area contributed by atoms with Crippen molar-refractivity contribution in [1.82, 2.24) is 20.1 Å². The van der Waals surface area contributed by atoms with E-state index in [1.807, 2.05) is 24.2 Å². The Kier molecular flexibility index (Phi) is 5.19. The van der Waals surface area contributed by atoms with Crippen LogP contribution >= 0.6 is 0 Å². The van der Waals surface area contributed by atoms with Gasteiger partial charge in [-0.15, -0.1) is 0 Å². The summed E-state index contributed by atoms with van der Waals surface area (Å²) in [6.07, 6.45) is 13.4. The molecule has 6 nitrogen and oxygen atoms in total. The quantitative estimate of drug-likeness (QED) is 0.840. The topological polar surface area (TPSA) is 60.8 Å². The van der Waals surface area contributed by atoms with Crippen molar-refractivity contribution in [3.05, 3.63) is 53.5 Å². The van der Waals surface area contributed by atoms with Crippen LogP contribution in [0, 0.1) is 12.8 Å². The minimum Gasteiger partial charge on any atom is -0.345 e. The standard InChI is InChI=1S/C24H31N5O/c1-16-6-5-13-25-24(16)19-8-3-7-18(26-19)20-15-29-21(9-4-10-22(29)27-20)17-11-12-23(30)28(2)14-17/h4-6,9-10,13,17-20,26H,3,7-8,11-12,14-15H2,1-2H3/t17?,18-,19+,20?/m1/s1. The lowest BCUT2D eigenvalue weighted by atomic mass is 9.90. The van der Waals surface area contributed by atoms with Crippen molar-refractivity contribution < 1.29 is 4.79 Å². The van der Waals surface area contributed by atoms with E-state index >= 15 is 0 Å². The summed E-state index contributed by atoms with van der Waals surface area (Å²) in [5.41, 5.74) is 3.77. The Morgan fingerprint density at radius 1 is 1.20 bits per heavy atom. The van der Waals surface area contributed by atoms with Gasteiger partial charge in [0.05, 0.1) is 17.8 Å². The molecule has 1 aromatic rings. The Hall–Kier alpha value is -2.47. The van der Waals surface area contributed by atoms with Crippen molar-refractivity contribution >= 4 is 11.7 Å². The fourth-order valence-corrected chi connectivity index (χ4v) is 5.43. The molecule has 30 heavy (non-hydrogen) atoms. The van der Waals surface area contributed by atoms with Gasteiger partial charge in [0, 0.05) is 50.4 Å². The van der Waals surface area contributed by atoms with Gasteiger partial charge in [-0.25, -0.2) is 0 Å². The van der Waals surface area contributed by atoms with Crippen molar-refractivity contribution in [3.8, 4) is 0 Å². The van der Waals surface area contributed by atoms with Gasteiger partial charge in [0.1, 0.15) is 5.84 Å². The van der Waals surface area contributed by atoms with Crippen molar-refractivity contribution in [2.24, 2.45) is 10.9 Å². The SMILES string of the molecule is Cc1cccnc1[C@@H]1CCC[C@H](C2CN3C(C4CCC(=O)N(C)C4)=CC=CC3=N2)N1. The molecule has 1 amide bonds. The lowest BCUT2D eigenvalue weighted by Gasteiger charge is -2.37. The normalized spacial score (nSPS) is 31.5. The highest BCUT2D eigenvalue weighted by Crippen LogP contribution is 2.34. The van der Waals surface area contributed by atoms with Crippen LogP contribution in [0.4, 0.5) is 0 Å². The van der Waals surface area contributed by atoms with Crippen LogP contribution in [-0.4, -0.2) is 58.7 Å². The van der Waals surface area contributed by atoms with Crippen LogP contribution in [-0.2, 0) is 4.79 Å². The molecule has 1 N–H and O–H groups in total. The summed E-state index contributed by atoms with van der Waals surface area (Å²) in [7, 11) is 1.92. The molecule has 0 spiro atoms. The number of pyridine rings is 1. The van der Waals surface area contributed by atoms with Crippen LogP contribution in [0.2, 0.25) is 0 Å². The summed E-state index contributed by atoms with van der Waals surface area (Å²) in [6.45, 7) is 3.87. The van der Waals surface area contributed by atoms with E-state index in [4.69, 9.17) is 4.99 Å². The largest absolute Gasteiger partial charge is 0.345 e. The van der Waals surface area contributed by atoms with E-state index < -0.39 is 0 Å². The van der Waals surface area contributed by atoms with Gasteiger partial charge in [-0.2, -0.15) is 0 Å². The van der Waals surface area contributed by atoms with Crippen LogP contribution in [0.25, 0.3) is 0 Å². The molecule has 4 atom stereocenters. The molecule has 158 valence electrons. The predicted octanol–water partition coefficient (Wildman–Crippen LogP) is 2.98. The number of aryl methyl sites for hydroxylation is 1. The number of aliphatic imine (C=N–C) groups is 1. The van der Waals surface area contributed by atoms with Gasteiger partial charge in [-0.1, -0.05) is 12.1 Å². The van der Waals surface area contributed by atoms with E-state index in [0.717, 1.165) is 38.2 Å². The third kappa shape index (κ3) is 3.58. The summed E-state index contributed by atoms with van der Waals surface area (Å²) in [5.74, 6) is 1.73. The van der Waals surface area contributed by atoms with E-state index in [-0.39, 0.29) is 11.9 Å². The molecule has 0 aromatic carbocycles. The molecule has 0 saturated carbocycles. The van der Waals surface area contributed by atoms with E-state index in [1.54, 1.807) is 0 Å². The molecular formula is C24H31N5O. The number of hydrogen-bond donors (Lipinski definition) is 1. The predicted molar refractivity (Wildman–Crippen MR) is 118 cm³/mol. The number of carbonyl (C=O) groups excluding carboxylic acids is 1. The Morgan fingerprint density at radius 3 is 2.93 bits per heavy atom. The van der Waals surface area contributed by atoms with Gasteiger partial charge in [0.15, 0.2) is 0 Å². The van der Waals surface area contributed by atoms with Crippen molar-refractivity contribution in [3.63, 3.8) is 0 Å². The van der Waals surface area contributed by atoms with Gasteiger partial charge < -0.3 is 15.1 Å². The molecule has 4 aliphatic heterocycles. The zero-order valence-electron chi connectivity index (χ0n) is 17.9. The Morgan fingerprint density at radius 2 is 2.10 bits per heavy atom. The van der Waals surface area contributed by atoms with Crippen molar-refractivity contribution in [2.45, 2.75) is 57.2 Å². The maximum atomic E-state index is 11.9. The first-order valence-electron chi connectivity index (χ1n) is 11.3. The van der Waals surface area contributed by atoms with Crippen LogP contribution in [0.1, 0.15) is 49.4 Å². The number of piperidine rings is 2. The lowest BCUT2D eigenvalue weighted by molar-refractivity contribution is -0.132. The van der Waals surface area contributed by atoms with Gasteiger partial charge >= 0.3 is 0 Å². The van der Waals surface area contributed by atoms with Crippen molar-refractivity contribution in [2.75, 3.05) is 20.1 Å². The zero-order valence-corrected chi connectivity index (χ0v) is 17.9. The number of carbonyl (C=O) groups is 1. The molecule has 5 heterocycles. The number of allylic oxidation sites excluding steroid dienone is 2. The molecule has 5 rings (SSSR count). The fourth-order valence-electron chi connectivity index (χ4n) is 5.43. The first kappa shape index (κ1) is 19.5. The first-order chi connectivity index (χ1) is 14.6. The van der Waals surface area contributed by atoms with E-state index in [1.165, 1.54) is 23.4 Å². The summed E-state index contributed by atoms with van der Waals surface area (Å²) >= 11 is 0. The third-order valence-electron chi connectivity index (χ3n) is 7.08.